The average Bonchev–Trinajstić information content (AvgIpc) is 3.25. The molecule has 0 radical (unpaired) electrons. The van der Waals surface area contributed by atoms with E-state index in [2.05, 4.69) is 9.69 Å². The Hall–Kier alpha value is -2.20. The van der Waals surface area contributed by atoms with Crippen LogP contribution in [0.4, 0.5) is 5.69 Å². The highest BCUT2D eigenvalue weighted by molar-refractivity contribution is 7.09. The molecule has 2 rings (SSSR count). The van der Waals surface area contributed by atoms with Crippen molar-refractivity contribution in [1.82, 2.24) is 14.6 Å². The molecule has 9 nitrogen and oxygen atoms in total. The minimum Gasteiger partial charge on any atom is -0.395 e. The molecule has 1 fully saturated rings. The van der Waals surface area contributed by atoms with Crippen LogP contribution in [-0.4, -0.2) is 57.8 Å². The van der Waals surface area contributed by atoms with Crippen molar-refractivity contribution in [1.29, 1.82) is 0 Å². The summed E-state index contributed by atoms with van der Waals surface area (Å²) in [6.45, 7) is 8.53. The smallest absolute Gasteiger partial charge is 0.270 e. The Kier molecular flexibility index (Phi) is 7.59. The molecule has 10 heteroatoms. The number of amides is 3. The van der Waals surface area contributed by atoms with Crippen LogP contribution < -0.4 is 16.8 Å². The van der Waals surface area contributed by atoms with Crippen molar-refractivity contribution in [2.24, 2.45) is 5.73 Å². The molecular formula is C19H31N5O4S. The second-order valence-electron chi connectivity index (χ2n) is 8.27. The first-order valence-electron chi connectivity index (χ1n) is 9.84. The van der Waals surface area contributed by atoms with Gasteiger partial charge in [0.25, 0.3) is 11.8 Å². The zero-order valence-corrected chi connectivity index (χ0v) is 18.3. The Bertz CT molecular complexity index is 752. The Morgan fingerprint density at radius 1 is 1.38 bits per heavy atom. The third-order valence-electron chi connectivity index (χ3n) is 4.58. The van der Waals surface area contributed by atoms with Crippen molar-refractivity contribution >= 4 is 34.9 Å². The second kappa shape index (κ2) is 9.53. The van der Waals surface area contributed by atoms with Gasteiger partial charge in [0.15, 0.2) is 5.69 Å². The Morgan fingerprint density at radius 3 is 2.55 bits per heavy atom. The lowest BCUT2D eigenvalue weighted by molar-refractivity contribution is -0.127. The summed E-state index contributed by atoms with van der Waals surface area (Å²) in [5.74, 6) is -1.46. The highest BCUT2D eigenvalue weighted by Crippen LogP contribution is 2.26. The van der Waals surface area contributed by atoms with Gasteiger partial charge in [-0.25, -0.2) is 0 Å². The lowest BCUT2D eigenvalue weighted by Gasteiger charge is -2.34. The van der Waals surface area contributed by atoms with E-state index in [0.29, 0.717) is 19.4 Å². The molecule has 0 spiro atoms. The van der Waals surface area contributed by atoms with Gasteiger partial charge in [0.2, 0.25) is 5.91 Å². The highest BCUT2D eigenvalue weighted by Gasteiger charge is 2.36. The molecule has 3 amide bonds. The van der Waals surface area contributed by atoms with E-state index in [1.165, 1.54) is 4.90 Å². The average molecular weight is 426 g/mol. The normalized spacial score (nSPS) is 17.7. The summed E-state index contributed by atoms with van der Waals surface area (Å²) < 4.78 is 9.63. The van der Waals surface area contributed by atoms with E-state index < -0.39 is 23.4 Å². The number of aromatic nitrogens is 1. The van der Waals surface area contributed by atoms with Crippen LogP contribution >= 0.6 is 11.5 Å². The molecule has 0 unspecified atom stereocenters. The summed E-state index contributed by atoms with van der Waals surface area (Å²) in [5.41, 5.74) is 10.6. The number of nitrogens with two attached hydrogens (primary N) is 2. The number of nitrogens with zero attached hydrogens (tertiary/aromatic N) is 2. The number of carbonyl (C=O) groups is 3. The fraction of sp³-hybridized carbons (Fsp3) is 0.684. The second-order valence-corrected chi connectivity index (χ2v) is 9.05. The predicted molar refractivity (Wildman–Crippen MR) is 112 cm³/mol. The number of nitrogens with one attached hydrogen (secondary N) is 1. The van der Waals surface area contributed by atoms with E-state index in [9.17, 15) is 14.4 Å². The summed E-state index contributed by atoms with van der Waals surface area (Å²) in [6, 6.07) is -0.686. The van der Waals surface area contributed by atoms with Gasteiger partial charge in [-0.1, -0.05) is 13.3 Å². The number of rotatable bonds is 8. The first kappa shape index (κ1) is 23.1. The van der Waals surface area contributed by atoms with Crippen LogP contribution in [0.1, 0.15) is 73.5 Å². The number of hydrogen-bond donors (Lipinski definition) is 3. The summed E-state index contributed by atoms with van der Waals surface area (Å²) in [7, 11) is 0. The number of anilines is 1. The van der Waals surface area contributed by atoms with E-state index in [1.54, 1.807) is 0 Å². The SMILES string of the molecule is CCC[C@H](C(=O)NC(C)(C)C)N(C[C@H]1CCCO1)C(=O)c1snc(C(N)=O)c1N. The molecule has 0 aliphatic carbocycles. The van der Waals surface area contributed by atoms with E-state index in [4.69, 9.17) is 16.2 Å². The van der Waals surface area contributed by atoms with Crippen LogP contribution in [0.2, 0.25) is 0 Å². The summed E-state index contributed by atoms with van der Waals surface area (Å²) in [5, 5.41) is 2.96. The molecule has 5 N–H and O–H groups in total. The third kappa shape index (κ3) is 5.89. The molecule has 0 aromatic carbocycles. The van der Waals surface area contributed by atoms with E-state index in [1.807, 2.05) is 27.7 Å². The first-order chi connectivity index (χ1) is 13.5. The van der Waals surface area contributed by atoms with E-state index >= 15 is 0 Å². The van der Waals surface area contributed by atoms with Crippen LogP contribution in [0.3, 0.4) is 0 Å². The quantitative estimate of drug-likeness (QED) is 0.577. The highest BCUT2D eigenvalue weighted by atomic mass is 32.1. The molecule has 0 saturated carbocycles. The Balaban J connectivity index is 2.39. The lowest BCUT2D eigenvalue weighted by atomic mass is 10.0. The molecule has 1 saturated heterocycles. The third-order valence-corrected chi connectivity index (χ3v) is 5.43. The Labute approximate surface area is 175 Å². The monoisotopic (exact) mass is 425 g/mol. The Morgan fingerprint density at radius 2 is 2.07 bits per heavy atom. The molecule has 1 aliphatic heterocycles. The first-order valence-corrected chi connectivity index (χ1v) is 10.6. The topological polar surface area (TPSA) is 141 Å². The maximum absolute atomic E-state index is 13.4. The van der Waals surface area contributed by atoms with Crippen LogP contribution in [0.15, 0.2) is 0 Å². The van der Waals surface area contributed by atoms with Crippen molar-refractivity contribution in [3.63, 3.8) is 0 Å². The molecule has 0 bridgehead atoms. The fourth-order valence-electron chi connectivity index (χ4n) is 3.27. The maximum atomic E-state index is 13.4. The molecular weight excluding hydrogens is 394 g/mol. The molecule has 1 aromatic heterocycles. The number of hydrogen-bond acceptors (Lipinski definition) is 7. The van der Waals surface area contributed by atoms with Gasteiger partial charge >= 0.3 is 0 Å². The summed E-state index contributed by atoms with van der Waals surface area (Å²) in [4.78, 5) is 39.5. The molecule has 2 heterocycles. The summed E-state index contributed by atoms with van der Waals surface area (Å²) >= 11 is 0.820. The van der Waals surface area contributed by atoms with Crippen molar-refractivity contribution in [3.8, 4) is 0 Å². The number of ether oxygens (including phenoxy) is 1. The number of nitrogen functional groups attached to an aromatic ring is 1. The van der Waals surface area contributed by atoms with E-state index in [-0.39, 0.29) is 34.8 Å². The van der Waals surface area contributed by atoms with Gasteiger partial charge < -0.3 is 26.4 Å². The molecule has 1 aliphatic rings. The zero-order valence-electron chi connectivity index (χ0n) is 17.5. The maximum Gasteiger partial charge on any atom is 0.270 e. The minimum atomic E-state index is -0.793. The van der Waals surface area contributed by atoms with Gasteiger partial charge in [0.05, 0.1) is 11.8 Å². The molecule has 2 atom stereocenters. The molecule has 1 aromatic rings. The van der Waals surface area contributed by atoms with Crippen molar-refractivity contribution in [3.05, 3.63) is 10.6 Å². The predicted octanol–water partition coefficient (Wildman–Crippen LogP) is 1.53. The number of primary amides is 1. The fourth-order valence-corrected chi connectivity index (χ4v) is 4.04. The molecule has 162 valence electrons. The van der Waals surface area contributed by atoms with Crippen LogP contribution in [0, 0.1) is 0 Å². The standard InChI is InChI=1S/C19H31N5O4S/c1-5-7-12(17(26)22-19(2,3)4)24(10-11-8-6-9-28-11)18(27)15-13(20)14(16(21)25)23-29-15/h11-12H,5-10,20H2,1-4H3,(H2,21,25)(H,22,26)/t11-,12-/m1/s1. The van der Waals surface area contributed by atoms with Crippen LogP contribution in [-0.2, 0) is 9.53 Å². The van der Waals surface area contributed by atoms with E-state index in [0.717, 1.165) is 24.4 Å². The lowest BCUT2D eigenvalue weighted by Crippen LogP contribution is -2.55. The van der Waals surface area contributed by atoms with Gasteiger partial charge in [-0.05, 0) is 51.6 Å². The van der Waals surface area contributed by atoms with Gasteiger partial charge in [-0.15, -0.1) is 0 Å². The largest absolute Gasteiger partial charge is 0.395 e. The van der Waals surface area contributed by atoms with Crippen LogP contribution in [0.25, 0.3) is 0 Å². The van der Waals surface area contributed by atoms with Crippen molar-refractivity contribution < 1.29 is 19.1 Å². The van der Waals surface area contributed by atoms with Gasteiger partial charge in [0, 0.05) is 18.7 Å². The van der Waals surface area contributed by atoms with Gasteiger partial charge in [-0.3, -0.25) is 14.4 Å². The van der Waals surface area contributed by atoms with Crippen molar-refractivity contribution in [2.75, 3.05) is 18.9 Å². The minimum absolute atomic E-state index is 0.0451. The van der Waals surface area contributed by atoms with Crippen LogP contribution in [0.5, 0.6) is 0 Å². The number of carbonyl (C=O) groups excluding carboxylic acids is 3. The van der Waals surface area contributed by atoms with Crippen molar-refractivity contribution in [2.45, 2.75) is 71.1 Å². The molecule has 29 heavy (non-hydrogen) atoms. The zero-order chi connectivity index (χ0) is 21.8. The van der Waals surface area contributed by atoms with Gasteiger partial charge in [-0.2, -0.15) is 4.37 Å². The van der Waals surface area contributed by atoms with Gasteiger partial charge in [0.1, 0.15) is 10.9 Å². The summed E-state index contributed by atoms with van der Waals surface area (Å²) in [6.07, 6.45) is 2.78.